The molecule has 2 unspecified atom stereocenters. The van der Waals surface area contributed by atoms with Crippen LogP contribution >= 0.6 is 15.6 Å². The normalized spacial score (nSPS) is 14.0. The van der Waals surface area contributed by atoms with Crippen LogP contribution in [0, 0.1) is 11.8 Å². The van der Waals surface area contributed by atoms with Gasteiger partial charge in [-0.25, -0.2) is 9.13 Å². The fraction of sp³-hybridized carbons (Fsp3) is 0.949. The van der Waals surface area contributed by atoms with E-state index < -0.39 is 97.5 Å². The number of rotatable bonds is 77. The zero-order chi connectivity index (χ0) is 71.4. The van der Waals surface area contributed by atoms with Crippen LogP contribution in [0.1, 0.15) is 408 Å². The number of carbonyl (C=O) groups excluding carboxylic acids is 4. The number of aliphatic hydroxyl groups excluding tert-OH is 1. The van der Waals surface area contributed by atoms with Gasteiger partial charge in [-0.1, -0.05) is 356 Å². The molecule has 0 rings (SSSR count). The number of esters is 4. The average molecular weight is 1420 g/mol. The van der Waals surface area contributed by atoms with Gasteiger partial charge in [0.25, 0.3) is 0 Å². The molecule has 3 N–H and O–H groups in total. The largest absolute Gasteiger partial charge is 0.472 e. The summed E-state index contributed by atoms with van der Waals surface area (Å²) in [6.07, 6.45) is 58.1. The lowest BCUT2D eigenvalue weighted by atomic mass is 10.0. The van der Waals surface area contributed by atoms with E-state index in [4.69, 9.17) is 37.0 Å². The maximum atomic E-state index is 13.1. The summed E-state index contributed by atoms with van der Waals surface area (Å²) >= 11 is 0. The number of phosphoric ester groups is 2. The lowest BCUT2D eigenvalue weighted by Gasteiger charge is -2.21. The standard InChI is InChI=1S/C78H152O17P2/c1-7-9-11-13-15-17-19-31-38-44-50-56-62-77(82)94-73(66-88-75(80)60-54-48-42-36-18-16-14-12-10-8-2)68-92-96(84,85)90-64-72(79)65-91-97(86,87)93-69-74(67-89-76(81)61-55-49-43-37-32-28-24-26-30-35-41-47-53-59-71(5)6)95-78(83)63-57-51-45-39-33-27-23-21-20-22-25-29-34-40-46-52-58-70(3)4/h70-74,79H,7-69H2,1-6H3,(H,84,85)(H,86,87)/t72-,73+,74+/m0/s1. The van der Waals surface area contributed by atoms with Crippen molar-refractivity contribution in [1.29, 1.82) is 0 Å². The second-order valence-corrected chi connectivity index (χ2v) is 32.0. The highest BCUT2D eigenvalue weighted by Crippen LogP contribution is 2.45. The summed E-state index contributed by atoms with van der Waals surface area (Å²) in [4.78, 5) is 72.9. The highest BCUT2D eigenvalue weighted by molar-refractivity contribution is 7.47. The summed E-state index contributed by atoms with van der Waals surface area (Å²) < 4.78 is 68.6. The monoisotopic (exact) mass is 1420 g/mol. The zero-order valence-electron chi connectivity index (χ0n) is 63.4. The smallest absolute Gasteiger partial charge is 0.462 e. The number of phosphoric acid groups is 2. The Hall–Kier alpha value is -1.94. The van der Waals surface area contributed by atoms with Crippen LogP contribution in [0.2, 0.25) is 0 Å². The number of unbranched alkanes of at least 4 members (excludes halogenated alkanes) is 47. The molecule has 0 saturated heterocycles. The maximum absolute atomic E-state index is 13.1. The van der Waals surface area contributed by atoms with Crippen molar-refractivity contribution in [3.63, 3.8) is 0 Å². The number of hydrogen-bond donors (Lipinski definition) is 3. The topological polar surface area (TPSA) is 237 Å². The number of aliphatic hydroxyl groups is 1. The van der Waals surface area contributed by atoms with Crippen molar-refractivity contribution >= 4 is 39.5 Å². The predicted octanol–water partition coefficient (Wildman–Crippen LogP) is 23.1. The van der Waals surface area contributed by atoms with Gasteiger partial charge in [-0.15, -0.1) is 0 Å². The van der Waals surface area contributed by atoms with E-state index in [9.17, 15) is 43.2 Å². The van der Waals surface area contributed by atoms with Crippen LogP contribution in [0.4, 0.5) is 0 Å². The van der Waals surface area contributed by atoms with Gasteiger partial charge in [0.2, 0.25) is 0 Å². The minimum atomic E-state index is -4.96. The quantitative estimate of drug-likeness (QED) is 0.0222. The van der Waals surface area contributed by atoms with Gasteiger partial charge in [0.05, 0.1) is 26.4 Å². The van der Waals surface area contributed by atoms with Crippen LogP contribution in [-0.4, -0.2) is 96.7 Å². The van der Waals surface area contributed by atoms with Crippen LogP contribution in [0.15, 0.2) is 0 Å². The molecule has 17 nitrogen and oxygen atoms in total. The van der Waals surface area contributed by atoms with Gasteiger partial charge in [-0.05, 0) is 37.5 Å². The zero-order valence-corrected chi connectivity index (χ0v) is 65.2. The van der Waals surface area contributed by atoms with Crippen molar-refractivity contribution in [1.82, 2.24) is 0 Å². The van der Waals surface area contributed by atoms with Crippen molar-refractivity contribution < 1.29 is 80.2 Å². The van der Waals surface area contributed by atoms with Gasteiger partial charge in [0, 0.05) is 25.7 Å². The van der Waals surface area contributed by atoms with Gasteiger partial charge in [-0.2, -0.15) is 0 Å². The first-order valence-electron chi connectivity index (χ1n) is 40.5. The molecule has 97 heavy (non-hydrogen) atoms. The molecule has 5 atom stereocenters. The fourth-order valence-corrected chi connectivity index (χ4v) is 13.6. The number of hydrogen-bond acceptors (Lipinski definition) is 15. The summed E-state index contributed by atoms with van der Waals surface area (Å²) in [7, 11) is -9.91. The van der Waals surface area contributed by atoms with E-state index in [1.165, 1.54) is 225 Å². The second kappa shape index (κ2) is 69.8. The van der Waals surface area contributed by atoms with Gasteiger partial charge < -0.3 is 33.8 Å². The molecule has 0 bridgehead atoms. The molecule has 0 fully saturated rings. The summed E-state index contributed by atoms with van der Waals surface area (Å²) in [6.45, 7) is 9.66. The Morgan fingerprint density at radius 1 is 0.278 bits per heavy atom. The van der Waals surface area contributed by atoms with Crippen molar-refractivity contribution in [2.45, 2.75) is 426 Å². The van der Waals surface area contributed by atoms with E-state index >= 15 is 0 Å². The summed E-state index contributed by atoms with van der Waals surface area (Å²) in [5, 5.41) is 10.6. The lowest BCUT2D eigenvalue weighted by molar-refractivity contribution is -0.161. The average Bonchev–Trinajstić information content (AvgIpc) is 1.05. The van der Waals surface area contributed by atoms with Gasteiger partial charge in [0.15, 0.2) is 12.2 Å². The Bertz CT molecular complexity index is 1870. The Kier molecular flexibility index (Phi) is 68.4. The van der Waals surface area contributed by atoms with Crippen molar-refractivity contribution in [2.24, 2.45) is 11.8 Å². The van der Waals surface area contributed by atoms with E-state index in [1.54, 1.807) is 0 Å². The predicted molar refractivity (Wildman–Crippen MR) is 395 cm³/mol. The molecule has 0 aliphatic heterocycles. The molecular formula is C78H152O17P2. The van der Waals surface area contributed by atoms with E-state index in [-0.39, 0.29) is 25.7 Å². The number of ether oxygens (including phenoxy) is 4. The molecule has 0 aromatic rings. The van der Waals surface area contributed by atoms with E-state index in [0.29, 0.717) is 25.7 Å². The molecule has 0 amide bonds. The lowest BCUT2D eigenvalue weighted by Crippen LogP contribution is -2.30. The van der Waals surface area contributed by atoms with Crippen LogP contribution in [0.25, 0.3) is 0 Å². The van der Waals surface area contributed by atoms with E-state index in [0.717, 1.165) is 102 Å². The Labute approximate surface area is 594 Å². The molecule has 0 spiro atoms. The molecule has 576 valence electrons. The van der Waals surface area contributed by atoms with Crippen LogP contribution < -0.4 is 0 Å². The third-order valence-electron chi connectivity index (χ3n) is 18.2. The van der Waals surface area contributed by atoms with Gasteiger partial charge in [-0.3, -0.25) is 37.3 Å². The van der Waals surface area contributed by atoms with Crippen LogP contribution in [-0.2, 0) is 65.4 Å². The molecular weight excluding hydrogens is 1270 g/mol. The third kappa shape index (κ3) is 72.2. The first kappa shape index (κ1) is 95.1. The molecule has 19 heteroatoms. The minimum absolute atomic E-state index is 0.108. The molecule has 0 heterocycles. The van der Waals surface area contributed by atoms with Crippen molar-refractivity contribution in [2.75, 3.05) is 39.6 Å². The fourth-order valence-electron chi connectivity index (χ4n) is 12.0. The van der Waals surface area contributed by atoms with Gasteiger partial charge >= 0.3 is 39.5 Å². The van der Waals surface area contributed by atoms with E-state index in [2.05, 4.69) is 41.5 Å². The van der Waals surface area contributed by atoms with Crippen LogP contribution in [0.5, 0.6) is 0 Å². The number of carbonyl (C=O) groups is 4. The van der Waals surface area contributed by atoms with Gasteiger partial charge in [0.1, 0.15) is 19.3 Å². The third-order valence-corrected chi connectivity index (χ3v) is 20.1. The summed E-state index contributed by atoms with van der Waals surface area (Å²) in [6, 6.07) is 0. The molecule has 0 aliphatic rings. The van der Waals surface area contributed by atoms with Crippen LogP contribution in [0.3, 0.4) is 0 Å². The first-order chi connectivity index (χ1) is 46.9. The molecule has 0 saturated carbocycles. The highest BCUT2D eigenvalue weighted by Gasteiger charge is 2.30. The SMILES string of the molecule is CCCCCCCCCCCCCCC(=O)O[C@H](COC(=O)CCCCCCCCCCCC)COP(=O)(O)OC[C@H](O)COP(=O)(O)OC[C@@H](COC(=O)CCCCCCCCCCCCCCCC(C)C)OC(=O)CCCCCCCCCCCCCCCCCCC(C)C. The Morgan fingerprint density at radius 2 is 0.474 bits per heavy atom. The van der Waals surface area contributed by atoms with E-state index in [1.807, 2.05) is 0 Å². The first-order valence-corrected chi connectivity index (χ1v) is 43.5. The maximum Gasteiger partial charge on any atom is 0.472 e. The second-order valence-electron chi connectivity index (χ2n) is 29.1. The Balaban J connectivity index is 5.23. The van der Waals surface area contributed by atoms with Crippen molar-refractivity contribution in [3.05, 3.63) is 0 Å². The highest BCUT2D eigenvalue weighted by atomic mass is 31.2. The summed E-state index contributed by atoms with van der Waals surface area (Å²) in [5.74, 6) is -0.511. The minimum Gasteiger partial charge on any atom is -0.462 e. The van der Waals surface area contributed by atoms with Crippen molar-refractivity contribution in [3.8, 4) is 0 Å². The molecule has 0 aromatic heterocycles. The molecule has 0 aliphatic carbocycles. The molecule has 0 aromatic carbocycles. The molecule has 0 radical (unpaired) electrons. The summed E-state index contributed by atoms with van der Waals surface area (Å²) in [5.41, 5.74) is 0. The Morgan fingerprint density at radius 3 is 0.701 bits per heavy atom.